The fraction of sp³-hybridized carbons (Fsp3) is 0.263. The van der Waals surface area contributed by atoms with Crippen LogP contribution in [0.3, 0.4) is 0 Å². The number of hydrogen-bond donors (Lipinski definition) is 1. The Hall–Kier alpha value is -3.27. The van der Waals surface area contributed by atoms with Crippen LogP contribution < -0.4 is 5.32 Å². The SMILES string of the molecule is O=C1CCc2cc(C(=O)COC(=O)C3=CN4CCS(=O)(=O)N=C4C=C3)ccc2N1. The Kier molecular flexibility index (Phi) is 4.79. The van der Waals surface area contributed by atoms with Crippen molar-refractivity contribution in [2.24, 2.45) is 4.40 Å². The first-order valence-corrected chi connectivity index (χ1v) is 10.5. The maximum Gasteiger partial charge on any atom is 0.340 e. The number of ether oxygens (including phenoxy) is 1. The van der Waals surface area contributed by atoms with E-state index in [1.165, 1.54) is 18.4 Å². The molecular formula is C19H17N3O6S. The Morgan fingerprint density at radius 2 is 2.03 bits per heavy atom. The molecule has 0 spiro atoms. The van der Waals surface area contributed by atoms with E-state index < -0.39 is 22.6 Å². The minimum absolute atomic E-state index is 0.0566. The molecule has 3 aliphatic rings. The molecule has 1 amide bonds. The van der Waals surface area contributed by atoms with Gasteiger partial charge >= 0.3 is 5.97 Å². The smallest absolute Gasteiger partial charge is 0.340 e. The van der Waals surface area contributed by atoms with Crippen LogP contribution in [0, 0.1) is 0 Å². The van der Waals surface area contributed by atoms with E-state index in [4.69, 9.17) is 4.74 Å². The van der Waals surface area contributed by atoms with Crippen molar-refractivity contribution in [1.29, 1.82) is 0 Å². The molecule has 0 saturated carbocycles. The van der Waals surface area contributed by atoms with E-state index in [0.717, 1.165) is 5.56 Å². The van der Waals surface area contributed by atoms with E-state index in [2.05, 4.69) is 9.71 Å². The number of amides is 1. The largest absolute Gasteiger partial charge is 0.454 e. The van der Waals surface area contributed by atoms with E-state index in [1.807, 2.05) is 0 Å². The van der Waals surface area contributed by atoms with Crippen molar-refractivity contribution < 1.29 is 27.5 Å². The molecule has 1 aromatic carbocycles. The second-order valence-electron chi connectivity index (χ2n) is 6.77. The predicted octanol–water partition coefficient (Wildman–Crippen LogP) is 0.795. The number of nitrogens with one attached hydrogen (secondary N) is 1. The van der Waals surface area contributed by atoms with Crippen LogP contribution >= 0.6 is 0 Å². The summed E-state index contributed by atoms with van der Waals surface area (Å²) in [4.78, 5) is 37.6. The summed E-state index contributed by atoms with van der Waals surface area (Å²) >= 11 is 0. The standard InChI is InChI=1S/C19H17N3O6S/c23-16(13-1-4-15-12(9-13)3-6-18(24)20-15)11-28-19(25)14-2-5-17-21-29(26,27)8-7-22(17)10-14/h1-2,4-5,9-10H,3,6-8,11H2,(H,20,24). The highest BCUT2D eigenvalue weighted by molar-refractivity contribution is 7.90. The molecule has 9 nitrogen and oxygen atoms in total. The predicted molar refractivity (Wildman–Crippen MR) is 104 cm³/mol. The zero-order valence-corrected chi connectivity index (χ0v) is 16.1. The molecule has 0 aromatic heterocycles. The number of rotatable bonds is 4. The Bertz CT molecular complexity index is 1120. The number of esters is 1. The summed E-state index contributed by atoms with van der Waals surface area (Å²) in [6, 6.07) is 4.94. The van der Waals surface area contributed by atoms with E-state index in [9.17, 15) is 22.8 Å². The minimum atomic E-state index is -3.47. The molecule has 0 atom stereocenters. The minimum Gasteiger partial charge on any atom is -0.454 e. The lowest BCUT2D eigenvalue weighted by atomic mass is 9.99. The quantitative estimate of drug-likeness (QED) is 0.570. The van der Waals surface area contributed by atoms with Gasteiger partial charge in [-0.15, -0.1) is 4.40 Å². The summed E-state index contributed by atoms with van der Waals surface area (Å²) in [7, 11) is -3.47. The Morgan fingerprint density at radius 1 is 1.21 bits per heavy atom. The third kappa shape index (κ3) is 4.11. The van der Waals surface area contributed by atoms with E-state index in [0.29, 0.717) is 24.1 Å². The lowest BCUT2D eigenvalue weighted by molar-refractivity contribution is -0.137. The first-order valence-electron chi connectivity index (χ1n) is 8.93. The molecule has 150 valence electrons. The summed E-state index contributed by atoms with van der Waals surface area (Å²) < 4.78 is 31.8. The fourth-order valence-corrected chi connectivity index (χ4v) is 4.15. The molecule has 0 bridgehead atoms. The second-order valence-corrected chi connectivity index (χ2v) is 8.52. The van der Waals surface area contributed by atoms with Crippen LogP contribution in [0.1, 0.15) is 22.3 Å². The van der Waals surface area contributed by atoms with Gasteiger partial charge in [-0.1, -0.05) is 0 Å². The molecule has 0 saturated heterocycles. The highest BCUT2D eigenvalue weighted by atomic mass is 32.2. The van der Waals surface area contributed by atoms with Crippen LogP contribution in [0.5, 0.6) is 0 Å². The van der Waals surface area contributed by atoms with Gasteiger partial charge in [0.2, 0.25) is 5.91 Å². The number of anilines is 1. The maximum atomic E-state index is 12.4. The van der Waals surface area contributed by atoms with Gasteiger partial charge in [0.1, 0.15) is 5.84 Å². The van der Waals surface area contributed by atoms with Crippen molar-refractivity contribution in [1.82, 2.24) is 4.90 Å². The lowest BCUT2D eigenvalue weighted by Crippen LogP contribution is -2.37. The molecule has 0 fully saturated rings. The lowest BCUT2D eigenvalue weighted by Gasteiger charge is -2.26. The molecule has 3 heterocycles. The molecular weight excluding hydrogens is 398 g/mol. The third-order valence-electron chi connectivity index (χ3n) is 4.72. The number of ketones is 1. The number of sulfonamides is 1. The highest BCUT2D eigenvalue weighted by Gasteiger charge is 2.26. The van der Waals surface area contributed by atoms with Crippen molar-refractivity contribution >= 4 is 39.2 Å². The van der Waals surface area contributed by atoms with Crippen molar-refractivity contribution in [2.75, 3.05) is 24.2 Å². The van der Waals surface area contributed by atoms with Crippen LogP contribution in [0.2, 0.25) is 0 Å². The first-order chi connectivity index (χ1) is 13.8. The van der Waals surface area contributed by atoms with Crippen LogP contribution in [-0.2, 0) is 30.8 Å². The van der Waals surface area contributed by atoms with E-state index >= 15 is 0 Å². The van der Waals surface area contributed by atoms with Gasteiger partial charge in [0, 0.05) is 30.4 Å². The zero-order chi connectivity index (χ0) is 20.6. The maximum absolute atomic E-state index is 12.4. The number of hydrogen-bond acceptors (Lipinski definition) is 7. The molecule has 4 rings (SSSR count). The molecule has 1 aromatic rings. The Labute approximate surface area is 166 Å². The molecule has 29 heavy (non-hydrogen) atoms. The molecule has 3 aliphatic heterocycles. The van der Waals surface area contributed by atoms with Gasteiger partial charge in [0.15, 0.2) is 12.4 Å². The summed E-state index contributed by atoms with van der Waals surface area (Å²) in [5, 5.41) is 2.74. The average molecular weight is 415 g/mol. The highest BCUT2D eigenvalue weighted by Crippen LogP contribution is 2.24. The van der Waals surface area contributed by atoms with Gasteiger partial charge in [-0.2, -0.15) is 0 Å². The first kappa shape index (κ1) is 19.1. The molecule has 0 aliphatic carbocycles. The van der Waals surface area contributed by atoms with Crippen molar-refractivity contribution in [2.45, 2.75) is 12.8 Å². The summed E-state index contributed by atoms with van der Waals surface area (Å²) in [6.07, 6.45) is 5.21. The third-order valence-corrected chi connectivity index (χ3v) is 5.88. The van der Waals surface area contributed by atoms with Crippen LogP contribution in [0.15, 0.2) is 46.5 Å². The van der Waals surface area contributed by atoms with Gasteiger partial charge in [0.05, 0.1) is 11.3 Å². The second kappa shape index (κ2) is 7.28. The van der Waals surface area contributed by atoms with Crippen LogP contribution in [0.25, 0.3) is 0 Å². The number of aryl methyl sites for hydroxylation is 1. The van der Waals surface area contributed by atoms with Crippen LogP contribution in [-0.4, -0.2) is 55.7 Å². The molecule has 1 N–H and O–H groups in total. The van der Waals surface area contributed by atoms with E-state index in [1.54, 1.807) is 23.1 Å². The number of carbonyl (C=O) groups excluding carboxylic acids is 3. The summed E-state index contributed by atoms with van der Waals surface area (Å²) in [6.45, 7) is -0.239. The number of amidine groups is 1. The molecule has 10 heteroatoms. The van der Waals surface area contributed by atoms with Gasteiger partial charge in [0.25, 0.3) is 10.0 Å². The van der Waals surface area contributed by atoms with Gasteiger partial charge in [-0.25, -0.2) is 13.2 Å². The summed E-state index contributed by atoms with van der Waals surface area (Å²) in [5.74, 6) is -0.999. The number of nitrogens with zero attached hydrogens (tertiary/aromatic N) is 2. The number of Topliss-reactive ketones (excluding diaryl/α,β-unsaturated/α-hetero) is 1. The molecule has 0 unspecified atom stereocenters. The number of benzene rings is 1. The van der Waals surface area contributed by atoms with E-state index in [-0.39, 0.29) is 35.4 Å². The van der Waals surface area contributed by atoms with Crippen LogP contribution in [0.4, 0.5) is 5.69 Å². The normalized spacial score (nSPS) is 19.3. The topological polar surface area (TPSA) is 122 Å². The number of carbonyl (C=O) groups is 3. The monoisotopic (exact) mass is 415 g/mol. The van der Waals surface area contributed by atoms with Crippen molar-refractivity contribution in [3.05, 3.63) is 53.3 Å². The average Bonchev–Trinajstić information content (AvgIpc) is 2.70. The summed E-state index contributed by atoms with van der Waals surface area (Å²) in [5.41, 5.74) is 2.15. The Morgan fingerprint density at radius 3 is 2.86 bits per heavy atom. The van der Waals surface area contributed by atoms with Gasteiger partial charge in [-0.3, -0.25) is 9.59 Å². The van der Waals surface area contributed by atoms with Gasteiger partial charge in [-0.05, 0) is 42.3 Å². The number of fused-ring (bicyclic) bond motifs is 2. The van der Waals surface area contributed by atoms with Crippen molar-refractivity contribution in [3.63, 3.8) is 0 Å². The van der Waals surface area contributed by atoms with Gasteiger partial charge < -0.3 is 15.0 Å². The Balaban J connectivity index is 1.39. The fourth-order valence-electron chi connectivity index (χ4n) is 3.18. The molecule has 0 radical (unpaired) electrons. The van der Waals surface area contributed by atoms with Crippen molar-refractivity contribution in [3.8, 4) is 0 Å². The zero-order valence-electron chi connectivity index (χ0n) is 15.3.